The molecule has 0 aliphatic carbocycles. The molecule has 5 nitrogen and oxygen atoms in total. The normalized spacial score (nSPS) is 20.4. The van der Waals surface area contributed by atoms with Gasteiger partial charge >= 0.3 is 0 Å². The number of hydrogen-bond acceptors (Lipinski definition) is 5. The first kappa shape index (κ1) is 15.1. The monoisotopic (exact) mass is 281 g/mol. The minimum atomic E-state index is -0.986. The molecule has 2 unspecified atom stereocenters. The Bertz CT molecular complexity index is 422. The lowest BCUT2D eigenvalue weighted by molar-refractivity contribution is -0.0754. The van der Waals surface area contributed by atoms with Crippen molar-refractivity contribution in [1.29, 1.82) is 0 Å². The van der Waals surface area contributed by atoms with Crippen molar-refractivity contribution in [3.63, 3.8) is 0 Å². The van der Waals surface area contributed by atoms with Crippen LogP contribution in [0.3, 0.4) is 0 Å². The summed E-state index contributed by atoms with van der Waals surface area (Å²) in [6, 6.07) is 7.51. The van der Waals surface area contributed by atoms with E-state index in [-0.39, 0.29) is 6.10 Å². The molecule has 0 aromatic heterocycles. The van der Waals surface area contributed by atoms with Gasteiger partial charge in [-0.15, -0.1) is 0 Å². The third-order valence-corrected chi connectivity index (χ3v) is 3.39. The number of para-hydroxylation sites is 2. The molecule has 2 N–H and O–H groups in total. The zero-order chi connectivity index (χ0) is 14.4. The molecule has 0 saturated heterocycles. The number of benzene rings is 1. The van der Waals surface area contributed by atoms with Crippen molar-refractivity contribution in [2.75, 3.05) is 33.4 Å². The van der Waals surface area contributed by atoms with E-state index in [0.29, 0.717) is 25.5 Å². The first-order chi connectivity index (χ1) is 9.63. The van der Waals surface area contributed by atoms with Crippen LogP contribution in [0.15, 0.2) is 24.3 Å². The van der Waals surface area contributed by atoms with Crippen LogP contribution >= 0.6 is 0 Å². The summed E-state index contributed by atoms with van der Waals surface area (Å²) in [7, 11) is 1.68. The molecule has 0 spiro atoms. The predicted octanol–water partition coefficient (Wildman–Crippen LogP) is 1.20. The maximum absolute atomic E-state index is 10.5. The molecule has 0 radical (unpaired) electrons. The highest BCUT2D eigenvalue weighted by molar-refractivity contribution is 5.41. The van der Waals surface area contributed by atoms with Crippen LogP contribution in [0, 0.1) is 0 Å². The lowest BCUT2D eigenvalue weighted by Gasteiger charge is -2.36. The highest BCUT2D eigenvalue weighted by atomic mass is 16.6. The summed E-state index contributed by atoms with van der Waals surface area (Å²) in [4.78, 5) is 0. The number of nitrogens with one attached hydrogen (secondary N) is 1. The third-order valence-electron chi connectivity index (χ3n) is 3.39. The van der Waals surface area contributed by atoms with Crippen LogP contribution < -0.4 is 14.8 Å². The molecular formula is C15H23NO4. The zero-order valence-electron chi connectivity index (χ0n) is 12.1. The molecular weight excluding hydrogens is 258 g/mol. The average molecular weight is 281 g/mol. The SMILES string of the molecule is COCCCNCC(C)(O)C1COc2ccccc2O1. The van der Waals surface area contributed by atoms with E-state index in [2.05, 4.69) is 5.32 Å². The first-order valence-corrected chi connectivity index (χ1v) is 6.94. The molecule has 0 saturated carbocycles. The van der Waals surface area contributed by atoms with E-state index >= 15 is 0 Å². The molecule has 1 aliphatic rings. The van der Waals surface area contributed by atoms with Gasteiger partial charge in [-0.1, -0.05) is 12.1 Å². The minimum Gasteiger partial charge on any atom is -0.486 e. The van der Waals surface area contributed by atoms with Crippen molar-refractivity contribution >= 4 is 0 Å². The Kier molecular flexibility index (Phi) is 5.23. The average Bonchev–Trinajstić information content (AvgIpc) is 2.46. The van der Waals surface area contributed by atoms with Crippen molar-refractivity contribution in [1.82, 2.24) is 5.32 Å². The van der Waals surface area contributed by atoms with Crippen LogP contribution in [0.2, 0.25) is 0 Å². The zero-order valence-corrected chi connectivity index (χ0v) is 12.1. The van der Waals surface area contributed by atoms with Gasteiger partial charge in [-0.25, -0.2) is 0 Å². The first-order valence-electron chi connectivity index (χ1n) is 6.94. The Hall–Kier alpha value is -1.30. The molecule has 2 atom stereocenters. The Labute approximate surface area is 119 Å². The molecule has 5 heteroatoms. The van der Waals surface area contributed by atoms with E-state index in [1.54, 1.807) is 14.0 Å². The summed E-state index contributed by atoms with van der Waals surface area (Å²) in [6.07, 6.45) is 0.532. The van der Waals surface area contributed by atoms with Gasteiger partial charge in [0.2, 0.25) is 0 Å². The maximum atomic E-state index is 10.5. The topological polar surface area (TPSA) is 60.0 Å². The fourth-order valence-corrected chi connectivity index (χ4v) is 2.12. The van der Waals surface area contributed by atoms with Gasteiger partial charge in [-0.2, -0.15) is 0 Å². The summed E-state index contributed by atoms with van der Waals surface area (Å²) in [5.41, 5.74) is -0.986. The number of fused-ring (bicyclic) bond motifs is 1. The van der Waals surface area contributed by atoms with Crippen molar-refractivity contribution in [2.24, 2.45) is 0 Å². The standard InChI is InChI=1S/C15H23NO4/c1-15(17,11-16-8-5-9-18-2)14-10-19-12-6-3-4-7-13(12)20-14/h3-4,6-7,14,16-17H,5,8-11H2,1-2H3. The molecule has 1 aromatic rings. The van der Waals surface area contributed by atoms with Crippen molar-refractivity contribution in [3.8, 4) is 11.5 Å². The quantitative estimate of drug-likeness (QED) is 0.736. The van der Waals surface area contributed by atoms with Crippen LogP contribution in [0.4, 0.5) is 0 Å². The Morgan fingerprint density at radius 1 is 1.40 bits per heavy atom. The predicted molar refractivity (Wildman–Crippen MR) is 76.3 cm³/mol. The molecule has 20 heavy (non-hydrogen) atoms. The van der Waals surface area contributed by atoms with Gasteiger partial charge in [-0.3, -0.25) is 0 Å². The number of aliphatic hydroxyl groups is 1. The summed E-state index contributed by atoms with van der Waals surface area (Å²) in [5, 5.41) is 13.7. The minimum absolute atomic E-state index is 0.351. The Morgan fingerprint density at radius 3 is 2.90 bits per heavy atom. The van der Waals surface area contributed by atoms with Crippen LogP contribution in [0.25, 0.3) is 0 Å². The van der Waals surface area contributed by atoms with Crippen LogP contribution in [-0.2, 0) is 4.74 Å². The van der Waals surface area contributed by atoms with E-state index in [0.717, 1.165) is 18.7 Å². The maximum Gasteiger partial charge on any atom is 0.162 e. The third kappa shape index (κ3) is 3.85. The van der Waals surface area contributed by atoms with E-state index in [1.165, 1.54) is 0 Å². The lowest BCUT2D eigenvalue weighted by atomic mass is 9.98. The molecule has 1 aliphatic heterocycles. The second-order valence-corrected chi connectivity index (χ2v) is 5.24. The van der Waals surface area contributed by atoms with Crippen molar-refractivity contribution < 1.29 is 19.3 Å². The fourth-order valence-electron chi connectivity index (χ4n) is 2.12. The van der Waals surface area contributed by atoms with E-state index in [9.17, 15) is 5.11 Å². The number of hydrogen-bond donors (Lipinski definition) is 2. The van der Waals surface area contributed by atoms with E-state index in [4.69, 9.17) is 14.2 Å². The smallest absolute Gasteiger partial charge is 0.162 e. The second-order valence-electron chi connectivity index (χ2n) is 5.24. The van der Waals surface area contributed by atoms with Gasteiger partial charge in [0.15, 0.2) is 17.6 Å². The molecule has 0 amide bonds. The largest absolute Gasteiger partial charge is 0.486 e. The highest BCUT2D eigenvalue weighted by Crippen LogP contribution is 2.33. The molecule has 0 fully saturated rings. The number of ether oxygens (including phenoxy) is 3. The van der Waals surface area contributed by atoms with Crippen LogP contribution in [0.1, 0.15) is 13.3 Å². The summed E-state index contributed by atoms with van der Waals surface area (Å²) < 4.78 is 16.5. The van der Waals surface area contributed by atoms with Gasteiger partial charge in [0, 0.05) is 20.3 Å². The van der Waals surface area contributed by atoms with Gasteiger partial charge in [-0.05, 0) is 32.0 Å². The highest BCUT2D eigenvalue weighted by Gasteiger charge is 2.37. The lowest BCUT2D eigenvalue weighted by Crippen LogP contribution is -2.54. The second kappa shape index (κ2) is 6.92. The van der Waals surface area contributed by atoms with Crippen LogP contribution in [-0.4, -0.2) is 50.2 Å². The summed E-state index contributed by atoms with van der Waals surface area (Å²) in [6.45, 7) is 4.08. The van der Waals surface area contributed by atoms with Crippen LogP contribution in [0.5, 0.6) is 11.5 Å². The molecule has 1 aromatic carbocycles. The van der Waals surface area contributed by atoms with Gasteiger partial charge in [0.25, 0.3) is 0 Å². The Morgan fingerprint density at radius 2 is 2.15 bits per heavy atom. The van der Waals surface area contributed by atoms with Gasteiger partial charge in [0.1, 0.15) is 12.2 Å². The summed E-state index contributed by atoms with van der Waals surface area (Å²) in [5.74, 6) is 1.41. The summed E-state index contributed by atoms with van der Waals surface area (Å²) >= 11 is 0. The fraction of sp³-hybridized carbons (Fsp3) is 0.600. The van der Waals surface area contributed by atoms with E-state index in [1.807, 2.05) is 24.3 Å². The Balaban J connectivity index is 1.84. The van der Waals surface area contributed by atoms with Gasteiger partial charge < -0.3 is 24.6 Å². The molecule has 112 valence electrons. The molecule has 2 rings (SSSR count). The molecule has 1 heterocycles. The van der Waals surface area contributed by atoms with Gasteiger partial charge in [0.05, 0.1) is 0 Å². The molecule has 0 bridgehead atoms. The number of methoxy groups -OCH3 is 1. The van der Waals surface area contributed by atoms with Crippen molar-refractivity contribution in [2.45, 2.75) is 25.0 Å². The van der Waals surface area contributed by atoms with Crippen molar-refractivity contribution in [3.05, 3.63) is 24.3 Å². The van der Waals surface area contributed by atoms with E-state index < -0.39 is 5.60 Å². The number of rotatable bonds is 7.